The minimum absolute atomic E-state index is 0.636. The van der Waals surface area contributed by atoms with E-state index < -0.39 is 0 Å². The number of pyridine rings is 1. The van der Waals surface area contributed by atoms with Gasteiger partial charge in [-0.2, -0.15) is 0 Å². The Labute approximate surface area is 114 Å². The van der Waals surface area contributed by atoms with Crippen molar-refractivity contribution in [3.63, 3.8) is 0 Å². The van der Waals surface area contributed by atoms with E-state index in [1.165, 1.54) is 11.1 Å². The average Bonchev–Trinajstić information content (AvgIpc) is 2.41. The van der Waals surface area contributed by atoms with Crippen LogP contribution >= 0.6 is 0 Å². The van der Waals surface area contributed by atoms with Gasteiger partial charge in [0, 0.05) is 18.8 Å². The standard InChI is InChI=1S/C16H20N2O/c1-11-5-6-12(2)16(13(11)3)19-15-8-7-14(9-17-4)10-18-15/h5-8,10,17H,9H2,1-4H3. The summed E-state index contributed by atoms with van der Waals surface area (Å²) in [5.41, 5.74) is 4.67. The van der Waals surface area contributed by atoms with Gasteiger partial charge in [-0.1, -0.05) is 18.2 Å². The summed E-state index contributed by atoms with van der Waals surface area (Å²) in [4.78, 5) is 4.34. The maximum Gasteiger partial charge on any atom is 0.219 e. The molecule has 0 aliphatic carbocycles. The van der Waals surface area contributed by atoms with E-state index >= 15 is 0 Å². The summed E-state index contributed by atoms with van der Waals surface area (Å²) < 4.78 is 5.92. The zero-order valence-electron chi connectivity index (χ0n) is 11.9. The Bertz CT molecular complexity index is 562. The van der Waals surface area contributed by atoms with Crippen molar-refractivity contribution in [3.8, 4) is 11.6 Å². The van der Waals surface area contributed by atoms with Crippen LogP contribution < -0.4 is 10.1 Å². The van der Waals surface area contributed by atoms with Crippen LogP contribution in [0.25, 0.3) is 0 Å². The fourth-order valence-corrected chi connectivity index (χ4v) is 1.97. The number of hydrogen-bond donors (Lipinski definition) is 1. The predicted molar refractivity (Wildman–Crippen MR) is 77.7 cm³/mol. The summed E-state index contributed by atoms with van der Waals surface area (Å²) in [5, 5.41) is 3.10. The first-order valence-electron chi connectivity index (χ1n) is 6.46. The third-order valence-corrected chi connectivity index (χ3v) is 3.26. The molecule has 100 valence electrons. The topological polar surface area (TPSA) is 34.1 Å². The second-order valence-electron chi connectivity index (χ2n) is 4.79. The highest BCUT2D eigenvalue weighted by atomic mass is 16.5. The molecule has 0 radical (unpaired) electrons. The van der Waals surface area contributed by atoms with Gasteiger partial charge in [0.25, 0.3) is 0 Å². The normalized spacial score (nSPS) is 10.5. The van der Waals surface area contributed by atoms with E-state index in [9.17, 15) is 0 Å². The van der Waals surface area contributed by atoms with E-state index in [4.69, 9.17) is 4.74 Å². The number of aromatic nitrogens is 1. The molecule has 1 N–H and O–H groups in total. The highest BCUT2D eigenvalue weighted by Crippen LogP contribution is 2.29. The Morgan fingerprint density at radius 1 is 1.05 bits per heavy atom. The lowest BCUT2D eigenvalue weighted by molar-refractivity contribution is 0.455. The van der Waals surface area contributed by atoms with E-state index in [2.05, 4.69) is 43.2 Å². The number of rotatable bonds is 4. The summed E-state index contributed by atoms with van der Waals surface area (Å²) in [7, 11) is 1.92. The molecule has 0 fully saturated rings. The first kappa shape index (κ1) is 13.6. The number of benzene rings is 1. The Morgan fingerprint density at radius 2 is 1.79 bits per heavy atom. The van der Waals surface area contributed by atoms with Crippen LogP contribution in [0.1, 0.15) is 22.3 Å². The van der Waals surface area contributed by atoms with Crippen LogP contribution in [0.3, 0.4) is 0 Å². The fraction of sp³-hybridized carbons (Fsp3) is 0.312. The molecule has 1 aromatic heterocycles. The third kappa shape index (κ3) is 3.12. The molecule has 3 heteroatoms. The molecular weight excluding hydrogens is 236 g/mol. The molecule has 0 atom stereocenters. The smallest absolute Gasteiger partial charge is 0.219 e. The van der Waals surface area contributed by atoms with Crippen LogP contribution in [0, 0.1) is 20.8 Å². The number of aryl methyl sites for hydroxylation is 2. The van der Waals surface area contributed by atoms with E-state index in [0.29, 0.717) is 5.88 Å². The second kappa shape index (κ2) is 5.85. The maximum atomic E-state index is 5.92. The van der Waals surface area contributed by atoms with Gasteiger partial charge in [-0.15, -0.1) is 0 Å². The van der Waals surface area contributed by atoms with E-state index in [1.54, 1.807) is 0 Å². The third-order valence-electron chi connectivity index (χ3n) is 3.26. The van der Waals surface area contributed by atoms with Crippen molar-refractivity contribution in [3.05, 3.63) is 52.7 Å². The SMILES string of the molecule is CNCc1ccc(Oc2c(C)ccc(C)c2C)nc1. The van der Waals surface area contributed by atoms with Gasteiger partial charge in [0.05, 0.1) is 0 Å². The first-order chi connectivity index (χ1) is 9.11. The molecule has 2 aromatic rings. The summed E-state index contributed by atoms with van der Waals surface area (Å²) in [6.45, 7) is 7.03. The molecule has 1 heterocycles. The molecule has 0 aliphatic rings. The molecule has 0 amide bonds. The lowest BCUT2D eigenvalue weighted by Crippen LogP contribution is -2.05. The highest BCUT2D eigenvalue weighted by molar-refractivity contribution is 5.46. The zero-order chi connectivity index (χ0) is 13.8. The lowest BCUT2D eigenvalue weighted by Gasteiger charge is -2.13. The van der Waals surface area contributed by atoms with Crippen LogP contribution in [0.4, 0.5) is 0 Å². The maximum absolute atomic E-state index is 5.92. The summed E-state index contributed by atoms with van der Waals surface area (Å²) in [6.07, 6.45) is 1.84. The first-order valence-corrected chi connectivity index (χ1v) is 6.46. The van der Waals surface area contributed by atoms with Crippen LogP contribution in [-0.4, -0.2) is 12.0 Å². The molecule has 2 rings (SSSR count). The summed E-state index contributed by atoms with van der Waals surface area (Å²) >= 11 is 0. The van der Waals surface area contributed by atoms with E-state index in [0.717, 1.165) is 23.4 Å². The Balaban J connectivity index is 2.24. The number of hydrogen-bond acceptors (Lipinski definition) is 3. The van der Waals surface area contributed by atoms with Crippen molar-refractivity contribution in [2.45, 2.75) is 27.3 Å². The van der Waals surface area contributed by atoms with Crippen molar-refractivity contribution in [1.29, 1.82) is 0 Å². The van der Waals surface area contributed by atoms with E-state index in [-0.39, 0.29) is 0 Å². The number of nitrogens with zero attached hydrogens (tertiary/aromatic N) is 1. The van der Waals surface area contributed by atoms with Crippen molar-refractivity contribution in [2.24, 2.45) is 0 Å². The van der Waals surface area contributed by atoms with Gasteiger partial charge >= 0.3 is 0 Å². The lowest BCUT2D eigenvalue weighted by atomic mass is 10.1. The molecule has 0 bridgehead atoms. The van der Waals surface area contributed by atoms with Gasteiger partial charge in [-0.25, -0.2) is 4.98 Å². The largest absolute Gasteiger partial charge is 0.438 e. The van der Waals surface area contributed by atoms with Crippen LogP contribution in [0.15, 0.2) is 30.5 Å². The van der Waals surface area contributed by atoms with Gasteiger partial charge in [0.1, 0.15) is 5.75 Å². The molecule has 19 heavy (non-hydrogen) atoms. The Kier molecular flexibility index (Phi) is 4.17. The van der Waals surface area contributed by atoms with Crippen LogP contribution in [0.5, 0.6) is 11.6 Å². The predicted octanol–water partition coefficient (Wildman–Crippen LogP) is 3.52. The molecule has 0 saturated heterocycles. The van der Waals surface area contributed by atoms with Gasteiger partial charge in [-0.05, 0) is 50.1 Å². The van der Waals surface area contributed by atoms with Crippen LogP contribution in [0.2, 0.25) is 0 Å². The summed E-state index contributed by atoms with van der Waals surface area (Å²) in [5.74, 6) is 1.55. The quantitative estimate of drug-likeness (QED) is 0.908. The van der Waals surface area contributed by atoms with Crippen molar-refractivity contribution in [2.75, 3.05) is 7.05 Å². The van der Waals surface area contributed by atoms with Gasteiger partial charge in [-0.3, -0.25) is 0 Å². The molecule has 0 saturated carbocycles. The minimum Gasteiger partial charge on any atom is -0.438 e. The highest BCUT2D eigenvalue weighted by Gasteiger charge is 2.08. The molecule has 3 nitrogen and oxygen atoms in total. The minimum atomic E-state index is 0.636. The second-order valence-corrected chi connectivity index (χ2v) is 4.79. The van der Waals surface area contributed by atoms with Gasteiger partial charge in [0.15, 0.2) is 0 Å². The summed E-state index contributed by atoms with van der Waals surface area (Å²) in [6, 6.07) is 8.13. The van der Waals surface area contributed by atoms with Gasteiger partial charge < -0.3 is 10.1 Å². The van der Waals surface area contributed by atoms with Crippen molar-refractivity contribution in [1.82, 2.24) is 10.3 Å². The fourth-order valence-electron chi connectivity index (χ4n) is 1.97. The molecule has 0 spiro atoms. The molecule has 0 unspecified atom stereocenters. The Morgan fingerprint density at radius 3 is 2.42 bits per heavy atom. The number of ether oxygens (including phenoxy) is 1. The van der Waals surface area contributed by atoms with E-state index in [1.807, 2.05) is 25.4 Å². The van der Waals surface area contributed by atoms with Crippen LogP contribution in [-0.2, 0) is 6.54 Å². The number of nitrogens with one attached hydrogen (secondary N) is 1. The zero-order valence-corrected chi connectivity index (χ0v) is 11.9. The average molecular weight is 256 g/mol. The van der Waals surface area contributed by atoms with Crippen molar-refractivity contribution < 1.29 is 4.74 Å². The molecule has 0 aliphatic heterocycles. The van der Waals surface area contributed by atoms with Crippen molar-refractivity contribution >= 4 is 0 Å². The van der Waals surface area contributed by atoms with Gasteiger partial charge in [0.2, 0.25) is 5.88 Å². The monoisotopic (exact) mass is 256 g/mol. The molecule has 1 aromatic carbocycles. The molecular formula is C16H20N2O. The Hall–Kier alpha value is -1.87.